The summed E-state index contributed by atoms with van der Waals surface area (Å²) >= 11 is 0. The number of aliphatic carboxylic acids is 1. The predicted octanol–water partition coefficient (Wildman–Crippen LogP) is -7.55. The van der Waals surface area contributed by atoms with Crippen LogP contribution in [-0.4, -0.2) is 217 Å². The van der Waals surface area contributed by atoms with Crippen LogP contribution in [0.5, 0.6) is 0 Å². The Morgan fingerprint density at radius 3 is 1.67 bits per heavy atom. The Hall–Kier alpha value is -6.82. The molecule has 73 heavy (non-hydrogen) atoms. The van der Waals surface area contributed by atoms with Gasteiger partial charge in [-0.15, -0.1) is 0 Å². The first-order valence-electron chi connectivity index (χ1n) is 24.1. The normalized spacial score (nSPS) is 20.3. The highest BCUT2D eigenvalue weighted by atomic mass is 16.4. The lowest BCUT2D eigenvalue weighted by molar-refractivity contribution is -0.148. The van der Waals surface area contributed by atoms with Crippen molar-refractivity contribution in [3.63, 3.8) is 0 Å². The number of hydrogen-bond acceptors (Lipinski definition) is 17. The maximum Gasteiger partial charge on any atom is 0.328 e. The van der Waals surface area contributed by atoms with Gasteiger partial charge < -0.3 is 88.6 Å². The molecule has 0 aromatic carbocycles. The lowest BCUT2D eigenvalue weighted by Gasteiger charge is -2.33. The first-order valence-corrected chi connectivity index (χ1v) is 24.1. The third-order valence-electron chi connectivity index (χ3n) is 12.5. The minimum atomic E-state index is -1.84. The summed E-state index contributed by atoms with van der Waals surface area (Å²) in [5, 5.41) is 68.4. The number of imidazole rings is 1. The van der Waals surface area contributed by atoms with Crippen LogP contribution in [0.25, 0.3) is 0 Å². The van der Waals surface area contributed by atoms with Crippen molar-refractivity contribution in [3.8, 4) is 0 Å². The van der Waals surface area contributed by atoms with Gasteiger partial charge in [-0.1, -0.05) is 13.8 Å². The van der Waals surface area contributed by atoms with Crippen LogP contribution < -0.4 is 48.3 Å². The number of nitrogens with one attached hydrogen (secondary N) is 9. The number of amides is 10. The molecule has 1 aromatic rings. The second kappa shape index (κ2) is 28.4. The van der Waals surface area contributed by atoms with Crippen molar-refractivity contribution < 1.29 is 78.3 Å². The van der Waals surface area contributed by atoms with Crippen LogP contribution in [0.3, 0.4) is 0 Å². The number of likely N-dealkylation sites (tertiary alicyclic amines) is 2. The smallest absolute Gasteiger partial charge is 0.328 e. The molecule has 0 bridgehead atoms. The molecule has 3 aliphatic rings. The van der Waals surface area contributed by atoms with Gasteiger partial charge in [0, 0.05) is 37.8 Å². The number of nitrogens with two attached hydrogens (primary N) is 1. The molecule has 0 aliphatic carbocycles. The van der Waals surface area contributed by atoms with Gasteiger partial charge in [-0.05, 0) is 63.8 Å². The summed E-state index contributed by atoms with van der Waals surface area (Å²) in [5.41, 5.74) is 5.62. The molecule has 3 aliphatic heterocycles. The number of rotatable bonds is 28. The summed E-state index contributed by atoms with van der Waals surface area (Å²) in [6, 6.07) is -13.9. The Balaban J connectivity index is 1.45. The summed E-state index contributed by atoms with van der Waals surface area (Å²) in [5.74, 6) is -10.4. The molecule has 0 unspecified atom stereocenters. The van der Waals surface area contributed by atoms with E-state index in [9.17, 15) is 78.3 Å². The first-order chi connectivity index (χ1) is 34.7. The van der Waals surface area contributed by atoms with Crippen LogP contribution in [0, 0.1) is 5.92 Å². The second-order valence-electron chi connectivity index (χ2n) is 18.4. The van der Waals surface area contributed by atoms with Gasteiger partial charge in [0.25, 0.3) is 0 Å². The van der Waals surface area contributed by atoms with Gasteiger partial charge >= 0.3 is 5.97 Å². The van der Waals surface area contributed by atoms with Crippen molar-refractivity contribution in [1.82, 2.24) is 62.3 Å². The maximum atomic E-state index is 14.5. The van der Waals surface area contributed by atoms with Crippen molar-refractivity contribution in [2.24, 2.45) is 11.7 Å². The first kappa shape index (κ1) is 58.7. The van der Waals surface area contributed by atoms with Crippen LogP contribution in [0.4, 0.5) is 0 Å². The van der Waals surface area contributed by atoms with E-state index in [0.717, 1.165) is 0 Å². The van der Waals surface area contributed by atoms with E-state index in [2.05, 4.69) is 52.5 Å². The molecule has 406 valence electrons. The fourth-order valence-corrected chi connectivity index (χ4v) is 8.63. The molecule has 1 aromatic heterocycles. The lowest BCUT2D eigenvalue weighted by Crippen LogP contribution is -2.61. The number of aromatic nitrogens is 2. The maximum absolute atomic E-state index is 14.5. The molecule has 0 saturated carbocycles. The van der Waals surface area contributed by atoms with Gasteiger partial charge in [0.15, 0.2) is 0 Å². The van der Waals surface area contributed by atoms with Crippen LogP contribution >= 0.6 is 0 Å². The average Bonchev–Trinajstić information content (AvgIpc) is 4.22. The summed E-state index contributed by atoms with van der Waals surface area (Å²) in [7, 11) is 0. The van der Waals surface area contributed by atoms with Gasteiger partial charge in [-0.25, -0.2) is 9.78 Å². The van der Waals surface area contributed by atoms with Crippen molar-refractivity contribution in [3.05, 3.63) is 18.2 Å². The molecule has 3 saturated heterocycles. The highest BCUT2D eigenvalue weighted by Crippen LogP contribution is 2.26. The Morgan fingerprint density at radius 2 is 1.15 bits per heavy atom. The molecular weight excluding hydrogens is 967 g/mol. The van der Waals surface area contributed by atoms with Gasteiger partial charge in [0.05, 0.1) is 38.8 Å². The van der Waals surface area contributed by atoms with Crippen LogP contribution in [0.1, 0.15) is 77.3 Å². The number of H-pyrrole nitrogens is 1. The zero-order chi connectivity index (χ0) is 53.9. The van der Waals surface area contributed by atoms with Crippen molar-refractivity contribution in [2.75, 3.05) is 46.1 Å². The number of carbonyl (C=O) groups excluding carboxylic acids is 10. The Morgan fingerprint density at radius 1 is 0.644 bits per heavy atom. The average molecular weight is 1040 g/mol. The van der Waals surface area contributed by atoms with Crippen molar-refractivity contribution in [1.29, 1.82) is 0 Å². The number of primary amides is 1. The number of carboxylic acid groups (broad SMARTS) is 1. The topological polar surface area (TPSA) is 446 Å². The molecule has 4 heterocycles. The van der Waals surface area contributed by atoms with E-state index in [4.69, 9.17) is 5.73 Å². The third kappa shape index (κ3) is 16.9. The van der Waals surface area contributed by atoms with Crippen molar-refractivity contribution >= 4 is 65.0 Å². The Bertz CT molecular complexity index is 2120. The minimum absolute atomic E-state index is 0.0493. The highest BCUT2D eigenvalue weighted by Gasteiger charge is 2.45. The number of nitrogens with zero attached hydrogens (tertiary/aromatic N) is 3. The molecule has 4 rings (SSSR count). The molecule has 10 atom stereocenters. The summed E-state index contributed by atoms with van der Waals surface area (Å²) in [6.07, 6.45) is 3.98. The lowest BCUT2D eigenvalue weighted by atomic mass is 10.0. The second-order valence-corrected chi connectivity index (χ2v) is 18.4. The molecule has 29 heteroatoms. The molecular formula is C44H69N13O16. The molecule has 0 radical (unpaired) electrons. The van der Waals surface area contributed by atoms with E-state index in [1.807, 2.05) is 0 Å². The van der Waals surface area contributed by atoms with Gasteiger partial charge in [-0.2, -0.15) is 0 Å². The Kier molecular flexibility index (Phi) is 22.9. The summed E-state index contributed by atoms with van der Waals surface area (Å²) < 4.78 is 0. The van der Waals surface area contributed by atoms with E-state index in [1.54, 1.807) is 13.8 Å². The van der Waals surface area contributed by atoms with Crippen LogP contribution in [0.2, 0.25) is 0 Å². The number of aliphatic hydroxyl groups excluding tert-OH is 4. The molecule has 29 nitrogen and oxygen atoms in total. The van der Waals surface area contributed by atoms with Gasteiger partial charge in [0.1, 0.15) is 54.4 Å². The largest absolute Gasteiger partial charge is 0.480 e. The molecule has 0 spiro atoms. The van der Waals surface area contributed by atoms with Gasteiger partial charge in [-0.3, -0.25) is 47.9 Å². The molecule has 3 fully saturated rings. The zero-order valence-electron chi connectivity index (χ0n) is 40.7. The van der Waals surface area contributed by atoms with Crippen molar-refractivity contribution in [2.45, 2.75) is 138 Å². The minimum Gasteiger partial charge on any atom is -0.480 e. The SMILES string of the molecule is CC(C)C[C@H](NC(=O)[C@@H]1CCCN1C(=O)[C@@H]1CCCN1C(=O)[C@H](Cc1cnc[nH]1)NC(=O)[C@H](CO)NC(=O)[C@H](CO)NC(=O)[C@H](CCC(N)=O)NC(=O)[C@H](CO)NC(=O)[C@@H]1CCCN1)C(=O)N[C@@H](CO)C(=O)O. The quantitative estimate of drug-likeness (QED) is 0.0371. The fraction of sp³-hybridized carbons (Fsp3) is 0.682. The zero-order valence-corrected chi connectivity index (χ0v) is 40.7. The molecule has 10 amide bonds. The molecule has 16 N–H and O–H groups in total. The number of aliphatic hydroxyl groups is 4. The van der Waals surface area contributed by atoms with E-state index >= 15 is 0 Å². The van der Waals surface area contributed by atoms with E-state index in [-0.39, 0.29) is 44.7 Å². The van der Waals surface area contributed by atoms with E-state index < -0.39 is 165 Å². The number of hydrogen-bond donors (Lipinski definition) is 15. The number of aromatic amines is 1. The number of carboxylic acids is 1. The van der Waals surface area contributed by atoms with E-state index in [1.165, 1.54) is 22.3 Å². The standard InChI is InChI=1S/C44H69N13O16/c1-22(2)14-26(37(65)55-31(20-61)44(72)73)50-41(69)32-7-4-12-56(32)43(71)33-8-5-13-57(33)42(70)27(15-23-16-46-21-48-23)51-39(67)29(18-59)54-40(68)30(19-60)53-36(64)25(9-10-34(45)62)49-38(66)28(17-58)52-35(63)24-6-3-11-47-24/h16,21-22,24-33,47,58-61H,3-15,17-20H2,1-2H3,(H2,45,62)(H,46,48)(H,49,66)(H,50,69)(H,51,67)(H,52,63)(H,53,64)(H,54,68)(H,55,65)(H,72,73)/t24-,25-,26-,27-,28-,29-,30-,31-,32-,33-/m0/s1. The summed E-state index contributed by atoms with van der Waals surface area (Å²) in [6.45, 7) is 0.360. The monoisotopic (exact) mass is 1040 g/mol. The predicted molar refractivity (Wildman–Crippen MR) is 250 cm³/mol. The van der Waals surface area contributed by atoms with Crippen LogP contribution in [-0.2, 0) is 59.2 Å². The van der Waals surface area contributed by atoms with E-state index in [0.29, 0.717) is 37.9 Å². The van der Waals surface area contributed by atoms with Gasteiger partial charge in [0.2, 0.25) is 59.1 Å². The Labute approximate surface area is 419 Å². The fourth-order valence-electron chi connectivity index (χ4n) is 8.63. The third-order valence-corrected chi connectivity index (χ3v) is 12.5. The van der Waals surface area contributed by atoms with Crippen LogP contribution in [0.15, 0.2) is 12.5 Å². The number of carbonyl (C=O) groups is 11. The highest BCUT2D eigenvalue weighted by molar-refractivity contribution is 5.99. The summed E-state index contributed by atoms with van der Waals surface area (Å²) in [4.78, 5) is 155.